The van der Waals surface area contributed by atoms with Crippen LogP contribution in [-0.4, -0.2) is 24.0 Å². The zero-order chi connectivity index (χ0) is 22.9. The lowest BCUT2D eigenvalue weighted by Crippen LogP contribution is -2.32. The number of ether oxygens (including phenoxy) is 1. The summed E-state index contributed by atoms with van der Waals surface area (Å²) >= 11 is 5.18. The van der Waals surface area contributed by atoms with Crippen molar-refractivity contribution in [3.05, 3.63) is 95.8 Å². The van der Waals surface area contributed by atoms with Crippen LogP contribution in [0.3, 0.4) is 0 Å². The predicted molar refractivity (Wildman–Crippen MR) is 127 cm³/mol. The average Bonchev–Trinajstić information content (AvgIpc) is 2.79. The molecule has 3 aromatic carbocycles. The number of methoxy groups -OCH3 is 1. The Bertz CT molecular complexity index is 1160. The van der Waals surface area contributed by atoms with E-state index in [9.17, 15) is 14.0 Å². The van der Waals surface area contributed by atoms with Crippen molar-refractivity contribution in [2.75, 3.05) is 17.7 Å². The van der Waals surface area contributed by atoms with Crippen molar-refractivity contribution in [2.45, 2.75) is 0 Å². The largest absolute Gasteiger partial charge is 0.496 e. The van der Waals surface area contributed by atoms with Crippen LogP contribution in [0.2, 0.25) is 0 Å². The number of benzene rings is 3. The number of carbonyl (C=O) groups excluding carboxylic acids is 2. The summed E-state index contributed by atoms with van der Waals surface area (Å²) in [4.78, 5) is 24.6. The second-order valence-electron chi connectivity index (χ2n) is 6.56. The highest BCUT2D eigenvalue weighted by atomic mass is 32.1. The molecular formula is C24H20FN3O3S. The van der Waals surface area contributed by atoms with Crippen LogP contribution >= 0.6 is 12.2 Å². The van der Waals surface area contributed by atoms with E-state index >= 15 is 0 Å². The molecule has 0 atom stereocenters. The summed E-state index contributed by atoms with van der Waals surface area (Å²) in [6.45, 7) is 0. The van der Waals surface area contributed by atoms with E-state index in [1.807, 2.05) is 18.2 Å². The van der Waals surface area contributed by atoms with Crippen LogP contribution in [0.4, 0.5) is 15.8 Å². The number of thiocarbonyl (C=S) groups is 1. The van der Waals surface area contributed by atoms with Crippen molar-refractivity contribution in [3.63, 3.8) is 0 Å². The van der Waals surface area contributed by atoms with E-state index in [2.05, 4.69) is 16.0 Å². The molecular weight excluding hydrogens is 429 g/mol. The second-order valence-corrected chi connectivity index (χ2v) is 6.97. The van der Waals surface area contributed by atoms with Gasteiger partial charge >= 0.3 is 0 Å². The van der Waals surface area contributed by atoms with E-state index < -0.39 is 5.91 Å². The molecule has 3 aromatic rings. The summed E-state index contributed by atoms with van der Waals surface area (Å²) < 4.78 is 18.2. The molecule has 0 heterocycles. The Balaban J connectivity index is 1.58. The number of para-hydroxylation sites is 1. The maximum Gasteiger partial charge on any atom is 0.255 e. The van der Waals surface area contributed by atoms with E-state index in [4.69, 9.17) is 17.0 Å². The van der Waals surface area contributed by atoms with Gasteiger partial charge in [0, 0.05) is 28.6 Å². The minimum Gasteiger partial charge on any atom is -0.496 e. The summed E-state index contributed by atoms with van der Waals surface area (Å²) in [6, 6.07) is 19.3. The van der Waals surface area contributed by atoms with Crippen LogP contribution in [-0.2, 0) is 4.79 Å². The molecule has 0 aliphatic heterocycles. The van der Waals surface area contributed by atoms with Crippen LogP contribution in [0.15, 0.2) is 78.9 Å². The Labute approximate surface area is 190 Å². The molecule has 2 amide bonds. The third-order valence-corrected chi connectivity index (χ3v) is 4.48. The molecule has 0 bridgehead atoms. The zero-order valence-electron chi connectivity index (χ0n) is 17.1. The molecule has 32 heavy (non-hydrogen) atoms. The number of amides is 2. The van der Waals surface area contributed by atoms with E-state index in [-0.39, 0.29) is 16.8 Å². The van der Waals surface area contributed by atoms with Gasteiger partial charge in [0.15, 0.2) is 5.11 Å². The number of rotatable bonds is 6. The molecule has 0 spiro atoms. The van der Waals surface area contributed by atoms with E-state index in [0.29, 0.717) is 22.7 Å². The summed E-state index contributed by atoms with van der Waals surface area (Å²) in [7, 11) is 1.56. The first-order chi connectivity index (χ1) is 15.4. The lowest BCUT2D eigenvalue weighted by Gasteiger charge is -2.10. The maximum atomic E-state index is 13.0. The molecule has 6 nitrogen and oxygen atoms in total. The quantitative estimate of drug-likeness (QED) is 0.378. The highest BCUT2D eigenvalue weighted by molar-refractivity contribution is 7.80. The van der Waals surface area contributed by atoms with Gasteiger partial charge in [-0.25, -0.2) is 4.39 Å². The molecule has 0 aliphatic carbocycles. The highest BCUT2D eigenvalue weighted by Gasteiger charge is 2.09. The van der Waals surface area contributed by atoms with E-state index in [1.54, 1.807) is 43.5 Å². The first-order valence-corrected chi connectivity index (χ1v) is 9.95. The van der Waals surface area contributed by atoms with Crippen LogP contribution in [0.25, 0.3) is 6.08 Å². The van der Waals surface area contributed by atoms with Gasteiger partial charge in [-0.1, -0.05) is 24.3 Å². The normalized spacial score (nSPS) is 10.4. The van der Waals surface area contributed by atoms with Crippen molar-refractivity contribution in [2.24, 2.45) is 0 Å². The number of hydrogen-bond donors (Lipinski definition) is 3. The molecule has 0 aromatic heterocycles. The third-order valence-electron chi connectivity index (χ3n) is 4.27. The van der Waals surface area contributed by atoms with Gasteiger partial charge in [0.05, 0.1) is 7.11 Å². The van der Waals surface area contributed by atoms with Crippen molar-refractivity contribution >= 4 is 46.6 Å². The number of halogens is 1. The molecule has 0 saturated carbocycles. The van der Waals surface area contributed by atoms with E-state index in [0.717, 1.165) is 5.56 Å². The van der Waals surface area contributed by atoms with Gasteiger partial charge in [0.25, 0.3) is 5.91 Å². The predicted octanol–water partition coefficient (Wildman–Crippen LogP) is 4.61. The Morgan fingerprint density at radius 1 is 0.938 bits per heavy atom. The minimum absolute atomic E-state index is 0.0794. The van der Waals surface area contributed by atoms with Crippen LogP contribution in [0.1, 0.15) is 15.9 Å². The number of anilines is 2. The molecule has 8 heteroatoms. The zero-order valence-corrected chi connectivity index (χ0v) is 17.9. The van der Waals surface area contributed by atoms with Gasteiger partial charge in [0.2, 0.25) is 5.91 Å². The fraction of sp³-hybridized carbons (Fsp3) is 0.0417. The standard InChI is InChI=1S/C24H20FN3O3S/c1-31-21-8-3-2-5-16(21)9-14-22(29)28-24(32)27-20-7-4-6-17(15-20)23(30)26-19-12-10-18(25)11-13-19/h2-15H,1H3,(H,26,30)(H2,27,28,29,32). The molecule has 0 saturated heterocycles. The lowest BCUT2D eigenvalue weighted by atomic mass is 10.2. The van der Waals surface area contributed by atoms with Gasteiger partial charge in [-0.2, -0.15) is 0 Å². The number of nitrogens with one attached hydrogen (secondary N) is 3. The molecule has 0 aliphatic rings. The van der Waals surface area contributed by atoms with Crippen molar-refractivity contribution < 1.29 is 18.7 Å². The highest BCUT2D eigenvalue weighted by Crippen LogP contribution is 2.18. The number of hydrogen-bond acceptors (Lipinski definition) is 4. The van der Waals surface area contributed by atoms with Gasteiger partial charge in [0.1, 0.15) is 11.6 Å². The topological polar surface area (TPSA) is 79.5 Å². The van der Waals surface area contributed by atoms with Gasteiger partial charge in [-0.3, -0.25) is 14.9 Å². The Morgan fingerprint density at radius 3 is 2.44 bits per heavy atom. The Morgan fingerprint density at radius 2 is 1.69 bits per heavy atom. The van der Waals surface area contributed by atoms with Crippen molar-refractivity contribution in [3.8, 4) is 5.75 Å². The minimum atomic E-state index is -0.418. The van der Waals surface area contributed by atoms with Gasteiger partial charge < -0.3 is 15.4 Å². The summed E-state index contributed by atoms with van der Waals surface area (Å²) in [5.41, 5.74) is 2.11. The SMILES string of the molecule is COc1ccccc1C=CC(=O)NC(=S)Nc1cccc(C(=O)Nc2ccc(F)cc2)c1. The second kappa shape index (κ2) is 10.8. The Kier molecular flexibility index (Phi) is 7.66. The smallest absolute Gasteiger partial charge is 0.255 e. The summed E-state index contributed by atoms with van der Waals surface area (Å²) in [5, 5.41) is 8.18. The van der Waals surface area contributed by atoms with Crippen LogP contribution in [0, 0.1) is 5.82 Å². The Hall–Kier alpha value is -4.04. The van der Waals surface area contributed by atoms with E-state index in [1.165, 1.54) is 30.3 Å². The molecule has 3 N–H and O–H groups in total. The fourth-order valence-corrected chi connectivity index (χ4v) is 2.98. The summed E-state index contributed by atoms with van der Waals surface area (Å²) in [6.07, 6.45) is 2.97. The fourth-order valence-electron chi connectivity index (χ4n) is 2.76. The van der Waals surface area contributed by atoms with Gasteiger partial charge in [-0.05, 0) is 66.8 Å². The average molecular weight is 450 g/mol. The first-order valence-electron chi connectivity index (χ1n) is 9.54. The van der Waals surface area contributed by atoms with Crippen LogP contribution < -0.4 is 20.7 Å². The van der Waals surface area contributed by atoms with Crippen molar-refractivity contribution in [1.82, 2.24) is 5.32 Å². The van der Waals surface area contributed by atoms with Gasteiger partial charge in [-0.15, -0.1) is 0 Å². The lowest BCUT2D eigenvalue weighted by molar-refractivity contribution is -0.115. The van der Waals surface area contributed by atoms with Crippen molar-refractivity contribution in [1.29, 1.82) is 0 Å². The summed E-state index contributed by atoms with van der Waals surface area (Å²) in [5.74, 6) is -0.524. The molecule has 0 radical (unpaired) electrons. The first kappa shape index (κ1) is 22.6. The molecule has 162 valence electrons. The molecule has 0 fully saturated rings. The third kappa shape index (κ3) is 6.48. The monoisotopic (exact) mass is 449 g/mol. The van der Waals surface area contributed by atoms with Crippen LogP contribution in [0.5, 0.6) is 5.75 Å². The maximum absolute atomic E-state index is 13.0. The number of carbonyl (C=O) groups is 2. The molecule has 3 rings (SSSR count). The molecule has 0 unspecified atom stereocenters.